The molecule has 8 nitrogen and oxygen atoms in total. The van der Waals surface area contributed by atoms with Gasteiger partial charge in [-0.15, -0.1) is 0 Å². The maximum absolute atomic E-state index is 15.4. The van der Waals surface area contributed by atoms with Gasteiger partial charge in [-0.2, -0.15) is 4.39 Å². The quantitative estimate of drug-likeness (QED) is 0.303. The summed E-state index contributed by atoms with van der Waals surface area (Å²) in [6.07, 6.45) is 2.17. The largest absolute Gasteiger partial charge is 0.481 e. The second-order valence-corrected chi connectivity index (χ2v) is 10.8. The van der Waals surface area contributed by atoms with Gasteiger partial charge in [-0.1, -0.05) is 47.7 Å². The van der Waals surface area contributed by atoms with Crippen LogP contribution in [-0.2, 0) is 27.2 Å². The lowest BCUT2D eigenvalue weighted by Gasteiger charge is -2.25. The number of carbonyl (C=O) groups excluding carboxylic acids is 2. The number of nitrogens with zero attached hydrogens (tertiary/aromatic N) is 4. The van der Waals surface area contributed by atoms with Crippen LogP contribution in [0.25, 0.3) is 22.4 Å². The lowest BCUT2D eigenvalue weighted by atomic mass is 9.95. The maximum atomic E-state index is 15.4. The topological polar surface area (TPSA) is 104 Å². The van der Waals surface area contributed by atoms with Crippen molar-refractivity contribution in [3.8, 4) is 22.4 Å². The average molecular weight is 577 g/mol. The van der Waals surface area contributed by atoms with Crippen molar-refractivity contribution in [2.24, 2.45) is 5.92 Å². The van der Waals surface area contributed by atoms with E-state index in [1.807, 2.05) is 12.1 Å². The Labute approximate surface area is 238 Å². The van der Waals surface area contributed by atoms with Crippen molar-refractivity contribution in [1.29, 1.82) is 0 Å². The molecular weight excluding hydrogens is 550 g/mol. The Hall–Kier alpha value is -4.51. The molecule has 0 radical (unpaired) electrons. The Morgan fingerprint density at radius 2 is 1.85 bits per heavy atom. The molecule has 3 heterocycles. The van der Waals surface area contributed by atoms with Crippen LogP contribution in [0.15, 0.2) is 60.8 Å². The Balaban J connectivity index is 1.48. The predicted octanol–water partition coefficient (Wildman–Crippen LogP) is 5.36. The van der Waals surface area contributed by atoms with Gasteiger partial charge in [-0.05, 0) is 47.7 Å². The fourth-order valence-corrected chi connectivity index (χ4v) is 5.73. The number of aliphatic carboxylic acids is 1. The number of hydrogen-bond acceptors (Lipinski definition) is 6. The van der Waals surface area contributed by atoms with Crippen molar-refractivity contribution in [2.45, 2.75) is 25.7 Å². The highest BCUT2D eigenvalue weighted by Crippen LogP contribution is 2.39. The number of rotatable bonds is 8. The first-order valence-corrected chi connectivity index (χ1v) is 13.7. The zero-order chi connectivity index (χ0) is 29.3. The molecule has 41 heavy (non-hydrogen) atoms. The molecule has 2 amide bonds. The molecular formula is C30H26F2N4O4S. The van der Waals surface area contributed by atoms with E-state index in [4.69, 9.17) is 0 Å². The van der Waals surface area contributed by atoms with Gasteiger partial charge in [0.15, 0.2) is 5.13 Å². The average Bonchev–Trinajstić information content (AvgIpc) is 3.35. The summed E-state index contributed by atoms with van der Waals surface area (Å²) >= 11 is 0.619. The molecule has 5 rings (SSSR count). The van der Waals surface area contributed by atoms with Gasteiger partial charge in [0.2, 0.25) is 16.9 Å². The van der Waals surface area contributed by atoms with E-state index in [0.717, 1.165) is 16.0 Å². The van der Waals surface area contributed by atoms with Crippen LogP contribution in [0.3, 0.4) is 0 Å². The van der Waals surface area contributed by atoms with Gasteiger partial charge in [0.25, 0.3) is 0 Å². The fourth-order valence-electron chi connectivity index (χ4n) is 4.95. The third kappa shape index (κ3) is 5.85. The van der Waals surface area contributed by atoms with Crippen molar-refractivity contribution in [3.05, 3.63) is 82.9 Å². The number of hydrogen-bond donors (Lipinski definition) is 1. The number of fused-ring (bicyclic) bond motifs is 1. The van der Waals surface area contributed by atoms with Gasteiger partial charge in [-0.25, -0.2) is 14.4 Å². The number of amides is 2. The van der Waals surface area contributed by atoms with E-state index < -0.39 is 35.2 Å². The number of anilines is 2. The van der Waals surface area contributed by atoms with Crippen molar-refractivity contribution in [3.63, 3.8) is 0 Å². The van der Waals surface area contributed by atoms with E-state index in [0.29, 0.717) is 41.1 Å². The molecule has 1 aliphatic rings. The van der Waals surface area contributed by atoms with Crippen molar-refractivity contribution < 1.29 is 28.3 Å². The molecule has 0 spiro atoms. The minimum absolute atomic E-state index is 0.0184. The molecule has 0 aliphatic carbocycles. The van der Waals surface area contributed by atoms with E-state index in [2.05, 4.69) is 9.97 Å². The summed E-state index contributed by atoms with van der Waals surface area (Å²) in [7, 11) is 3.07. The number of aryl methyl sites for hydroxylation is 1. The number of benzene rings is 2. The molecule has 0 bridgehead atoms. The normalized spacial score (nSPS) is 13.6. The summed E-state index contributed by atoms with van der Waals surface area (Å²) in [6.45, 7) is 0. The minimum Gasteiger partial charge on any atom is -0.481 e. The van der Waals surface area contributed by atoms with Gasteiger partial charge >= 0.3 is 5.97 Å². The van der Waals surface area contributed by atoms with Crippen LogP contribution >= 0.6 is 11.3 Å². The third-order valence-corrected chi connectivity index (χ3v) is 8.00. The number of thiazole rings is 1. The highest BCUT2D eigenvalue weighted by atomic mass is 32.1. The van der Waals surface area contributed by atoms with Gasteiger partial charge in [0, 0.05) is 37.8 Å². The molecule has 1 aliphatic heterocycles. The van der Waals surface area contributed by atoms with Gasteiger partial charge in [0.05, 0.1) is 12.3 Å². The summed E-state index contributed by atoms with van der Waals surface area (Å²) in [5, 5.41) is 8.72. The summed E-state index contributed by atoms with van der Waals surface area (Å²) < 4.78 is 29.9. The van der Waals surface area contributed by atoms with E-state index in [1.165, 1.54) is 30.1 Å². The standard InChI is InChI=1S/C30H26F2N4O4S/c1-35-24(37)11-8-18-13-20(16-33-28(18)35)22-10-9-21(31)15-23(22)26-27(32)41-30(34-26)36(2)29(40)19(14-25(38)39)12-17-6-4-3-5-7-17/h3-7,9-10,13,15-16,19H,8,11-12,14H2,1-2H3,(H,38,39)/t19-/m1/s1. The Morgan fingerprint density at radius 3 is 2.59 bits per heavy atom. The number of halogens is 2. The smallest absolute Gasteiger partial charge is 0.304 e. The summed E-state index contributed by atoms with van der Waals surface area (Å²) in [4.78, 5) is 48.4. The Bertz CT molecular complexity index is 1640. The second-order valence-electron chi connectivity index (χ2n) is 9.85. The zero-order valence-corrected chi connectivity index (χ0v) is 23.1. The van der Waals surface area contributed by atoms with Gasteiger partial charge in [0.1, 0.15) is 17.3 Å². The molecule has 0 saturated heterocycles. The highest BCUT2D eigenvalue weighted by Gasteiger charge is 2.29. The molecule has 4 aromatic rings. The monoisotopic (exact) mass is 576 g/mol. The lowest BCUT2D eigenvalue weighted by Crippen LogP contribution is -2.35. The SMILES string of the molecule is CN(C(=O)[C@@H](CC(=O)O)Cc1ccccc1)c1nc(-c2cc(F)ccc2-c2cnc3c(c2)CCC(=O)N3C)c(F)s1. The molecule has 2 aromatic heterocycles. The first-order chi connectivity index (χ1) is 19.6. The highest BCUT2D eigenvalue weighted by molar-refractivity contribution is 7.14. The molecule has 11 heteroatoms. The van der Waals surface area contributed by atoms with Crippen LogP contribution in [0.5, 0.6) is 0 Å². The van der Waals surface area contributed by atoms with Crippen LogP contribution in [0, 0.1) is 16.9 Å². The van der Waals surface area contributed by atoms with Crippen LogP contribution in [-0.4, -0.2) is 47.0 Å². The Morgan fingerprint density at radius 1 is 1.10 bits per heavy atom. The minimum atomic E-state index is -1.13. The molecule has 1 N–H and O–H groups in total. The second kappa shape index (κ2) is 11.5. The van der Waals surface area contributed by atoms with E-state index in [-0.39, 0.29) is 28.7 Å². The van der Waals surface area contributed by atoms with E-state index in [1.54, 1.807) is 37.5 Å². The van der Waals surface area contributed by atoms with Crippen molar-refractivity contribution in [2.75, 3.05) is 23.9 Å². The van der Waals surface area contributed by atoms with Crippen molar-refractivity contribution >= 4 is 40.1 Å². The molecule has 0 unspecified atom stereocenters. The number of carboxylic acid groups (broad SMARTS) is 1. The molecule has 1 atom stereocenters. The molecule has 2 aromatic carbocycles. The fraction of sp³-hybridized carbons (Fsp3) is 0.233. The van der Waals surface area contributed by atoms with Gasteiger partial charge < -0.3 is 5.11 Å². The Kier molecular flexibility index (Phi) is 7.89. The summed E-state index contributed by atoms with van der Waals surface area (Å²) in [5.74, 6) is -2.63. The first kappa shape index (κ1) is 28.0. The maximum Gasteiger partial charge on any atom is 0.304 e. The number of carbonyl (C=O) groups is 3. The first-order valence-electron chi connectivity index (χ1n) is 12.9. The van der Waals surface area contributed by atoms with Gasteiger partial charge in [-0.3, -0.25) is 24.2 Å². The molecule has 0 fully saturated rings. The predicted molar refractivity (Wildman–Crippen MR) is 152 cm³/mol. The van der Waals surface area contributed by atoms with E-state index >= 15 is 4.39 Å². The lowest BCUT2D eigenvalue weighted by molar-refractivity contribution is -0.140. The van der Waals surface area contributed by atoms with Crippen LogP contribution in [0.2, 0.25) is 0 Å². The zero-order valence-electron chi connectivity index (χ0n) is 22.3. The van der Waals surface area contributed by atoms with E-state index in [9.17, 15) is 23.9 Å². The molecule has 210 valence electrons. The third-order valence-electron chi connectivity index (χ3n) is 7.08. The number of pyridine rings is 1. The summed E-state index contributed by atoms with van der Waals surface area (Å²) in [5.41, 5.74) is 2.77. The summed E-state index contributed by atoms with van der Waals surface area (Å²) in [6, 6.07) is 14.8. The van der Waals surface area contributed by atoms with Crippen LogP contribution < -0.4 is 9.80 Å². The number of carboxylic acids is 1. The van der Waals surface area contributed by atoms with Crippen LogP contribution in [0.4, 0.5) is 19.7 Å². The van der Waals surface area contributed by atoms with Crippen molar-refractivity contribution in [1.82, 2.24) is 9.97 Å². The number of aromatic nitrogens is 2. The molecule has 0 saturated carbocycles. The van der Waals surface area contributed by atoms with Crippen LogP contribution in [0.1, 0.15) is 24.0 Å².